The molecule has 35 heavy (non-hydrogen) atoms. The van der Waals surface area contributed by atoms with Gasteiger partial charge in [0, 0.05) is 18.2 Å². The first kappa shape index (κ1) is 23.1. The maximum absolute atomic E-state index is 13.3. The summed E-state index contributed by atoms with van der Waals surface area (Å²) in [5.41, 5.74) is 2.60. The molecule has 0 radical (unpaired) electrons. The van der Waals surface area contributed by atoms with Crippen molar-refractivity contribution in [2.24, 2.45) is 4.99 Å². The molecule has 1 aromatic heterocycles. The summed E-state index contributed by atoms with van der Waals surface area (Å²) in [6, 6.07) is 18.1. The van der Waals surface area contributed by atoms with Gasteiger partial charge in [0.1, 0.15) is 11.5 Å². The van der Waals surface area contributed by atoms with Crippen LogP contribution in [-0.2, 0) is 9.53 Å². The lowest BCUT2D eigenvalue weighted by molar-refractivity contribution is -0.123. The molecule has 3 aromatic rings. The van der Waals surface area contributed by atoms with E-state index in [-0.39, 0.29) is 17.6 Å². The van der Waals surface area contributed by atoms with Gasteiger partial charge in [-0.25, -0.2) is 9.79 Å². The van der Waals surface area contributed by atoms with E-state index in [1.165, 1.54) is 11.8 Å². The first-order valence-electron chi connectivity index (χ1n) is 11.4. The third-order valence-corrected chi connectivity index (χ3v) is 6.92. The molecule has 5 rings (SSSR count). The number of thioether (sulfide) groups is 1. The molecule has 0 spiro atoms. The van der Waals surface area contributed by atoms with Crippen LogP contribution in [0.5, 0.6) is 0 Å². The van der Waals surface area contributed by atoms with E-state index in [2.05, 4.69) is 0 Å². The predicted octanol–water partition coefficient (Wildman–Crippen LogP) is 5.74. The van der Waals surface area contributed by atoms with Crippen molar-refractivity contribution in [3.63, 3.8) is 0 Å². The molecule has 2 aliphatic rings. The molecule has 0 unspecified atom stereocenters. The number of carboxylic acids is 1. The van der Waals surface area contributed by atoms with Crippen molar-refractivity contribution >= 4 is 40.6 Å². The number of benzene rings is 2. The molecule has 2 aromatic carbocycles. The van der Waals surface area contributed by atoms with Gasteiger partial charge in [-0.05, 0) is 73.5 Å². The summed E-state index contributed by atoms with van der Waals surface area (Å²) in [5, 5.41) is 9.82. The fraction of sp³-hybridized carbons (Fsp3) is 0.222. The number of para-hydroxylation sites is 1. The van der Waals surface area contributed by atoms with Gasteiger partial charge in [0.25, 0.3) is 5.91 Å². The van der Waals surface area contributed by atoms with Crippen LogP contribution in [0.1, 0.15) is 34.5 Å². The number of ether oxygens (including phenoxy) is 1. The van der Waals surface area contributed by atoms with Crippen LogP contribution in [0.2, 0.25) is 0 Å². The highest BCUT2D eigenvalue weighted by molar-refractivity contribution is 8.18. The Kier molecular flexibility index (Phi) is 6.57. The standard InChI is InChI=1S/C27H24N2O5S/c1-17-14-18(26(31)32)9-11-22(17)23-12-10-20(34-23)15-24-25(30)29(16-21-8-5-13-33-21)27(35-24)28-19-6-3-2-4-7-19/h2-4,6-7,9-12,14-15,21H,5,8,13,16H2,1H3,(H,31,32)/b24-15-,28-27?/t21-/m1/s1. The van der Waals surface area contributed by atoms with Crippen LogP contribution in [0.4, 0.5) is 5.69 Å². The minimum Gasteiger partial charge on any atom is -0.478 e. The van der Waals surface area contributed by atoms with Crippen LogP contribution in [0, 0.1) is 6.92 Å². The van der Waals surface area contributed by atoms with Crippen LogP contribution in [0.15, 0.2) is 75.0 Å². The Morgan fingerprint density at radius 3 is 2.74 bits per heavy atom. The lowest BCUT2D eigenvalue weighted by Crippen LogP contribution is -2.36. The highest BCUT2D eigenvalue weighted by Gasteiger charge is 2.36. The van der Waals surface area contributed by atoms with Gasteiger partial charge in [0.15, 0.2) is 5.17 Å². The maximum Gasteiger partial charge on any atom is 0.335 e. The molecule has 1 atom stereocenters. The molecule has 7 nitrogen and oxygen atoms in total. The number of amidine groups is 1. The number of nitrogens with zero attached hydrogens (tertiary/aromatic N) is 2. The van der Waals surface area contributed by atoms with Gasteiger partial charge >= 0.3 is 5.97 Å². The van der Waals surface area contributed by atoms with Crippen LogP contribution < -0.4 is 0 Å². The average molecular weight is 489 g/mol. The van der Waals surface area contributed by atoms with Crippen molar-refractivity contribution < 1.29 is 23.8 Å². The zero-order valence-corrected chi connectivity index (χ0v) is 20.0. The van der Waals surface area contributed by atoms with Crippen molar-refractivity contribution in [1.29, 1.82) is 0 Å². The van der Waals surface area contributed by atoms with Crippen LogP contribution in [0.25, 0.3) is 17.4 Å². The van der Waals surface area contributed by atoms with Gasteiger partial charge in [-0.15, -0.1) is 0 Å². The van der Waals surface area contributed by atoms with Crippen LogP contribution in [0.3, 0.4) is 0 Å². The number of aryl methyl sites for hydroxylation is 1. The molecule has 0 aliphatic carbocycles. The quantitative estimate of drug-likeness (QED) is 0.445. The third kappa shape index (κ3) is 5.08. The van der Waals surface area contributed by atoms with Gasteiger partial charge in [-0.2, -0.15) is 0 Å². The third-order valence-electron chi connectivity index (χ3n) is 5.92. The Morgan fingerprint density at radius 2 is 2.03 bits per heavy atom. The minimum absolute atomic E-state index is 0.00633. The molecule has 1 N–H and O–H groups in total. The molecule has 8 heteroatoms. The number of aromatic carboxylic acids is 1. The molecule has 2 aliphatic heterocycles. The van der Waals surface area contributed by atoms with Gasteiger partial charge in [-0.3, -0.25) is 9.69 Å². The SMILES string of the molecule is Cc1cc(C(=O)O)ccc1-c1ccc(/C=C2\SC(=Nc3ccccc3)N(C[C@H]3CCCO3)C2=O)o1. The number of rotatable bonds is 6. The summed E-state index contributed by atoms with van der Waals surface area (Å²) in [6.45, 7) is 3.02. The topological polar surface area (TPSA) is 92.3 Å². The lowest BCUT2D eigenvalue weighted by Gasteiger charge is -2.19. The smallest absolute Gasteiger partial charge is 0.335 e. The van der Waals surface area contributed by atoms with Crippen molar-refractivity contribution in [2.45, 2.75) is 25.9 Å². The van der Waals surface area contributed by atoms with E-state index in [4.69, 9.17) is 14.1 Å². The van der Waals surface area contributed by atoms with Crippen molar-refractivity contribution in [3.8, 4) is 11.3 Å². The molecule has 2 fully saturated rings. The zero-order valence-electron chi connectivity index (χ0n) is 19.1. The van der Waals surface area contributed by atoms with E-state index in [9.17, 15) is 14.7 Å². The van der Waals surface area contributed by atoms with Gasteiger partial charge in [0.2, 0.25) is 0 Å². The van der Waals surface area contributed by atoms with Gasteiger partial charge < -0.3 is 14.3 Å². The van der Waals surface area contributed by atoms with E-state index in [0.717, 1.165) is 36.3 Å². The second kappa shape index (κ2) is 9.93. The maximum atomic E-state index is 13.3. The molecule has 3 heterocycles. The van der Waals surface area contributed by atoms with E-state index in [1.807, 2.05) is 43.3 Å². The Bertz CT molecular complexity index is 1320. The monoisotopic (exact) mass is 488 g/mol. The summed E-state index contributed by atoms with van der Waals surface area (Å²) in [5.74, 6) is 0.0497. The molecule has 2 saturated heterocycles. The van der Waals surface area contributed by atoms with Crippen molar-refractivity contribution in [1.82, 2.24) is 4.90 Å². The normalized spacial score (nSPS) is 20.3. The predicted molar refractivity (Wildman–Crippen MR) is 136 cm³/mol. The summed E-state index contributed by atoms with van der Waals surface area (Å²) < 4.78 is 11.8. The Balaban J connectivity index is 1.42. The Labute approximate surface area is 207 Å². The molecular formula is C27H24N2O5S. The van der Waals surface area contributed by atoms with Crippen molar-refractivity contribution in [3.05, 3.63) is 82.5 Å². The molecular weight excluding hydrogens is 464 g/mol. The molecule has 1 amide bonds. The summed E-state index contributed by atoms with van der Waals surface area (Å²) in [4.78, 5) is 31.5. The number of carboxylic acid groups (broad SMARTS) is 1. The second-order valence-electron chi connectivity index (χ2n) is 8.43. The number of hydrogen-bond donors (Lipinski definition) is 1. The first-order chi connectivity index (χ1) is 17.0. The number of aliphatic imine (C=N–C) groups is 1. The molecule has 178 valence electrons. The number of carbonyl (C=O) groups is 2. The summed E-state index contributed by atoms with van der Waals surface area (Å²) >= 11 is 1.32. The van der Waals surface area contributed by atoms with E-state index < -0.39 is 5.97 Å². The van der Waals surface area contributed by atoms with Crippen molar-refractivity contribution in [2.75, 3.05) is 13.2 Å². The minimum atomic E-state index is -0.971. The fourth-order valence-electron chi connectivity index (χ4n) is 4.13. The Hall–Kier alpha value is -3.62. The van der Waals surface area contributed by atoms with Gasteiger partial charge in [-0.1, -0.05) is 24.3 Å². The highest BCUT2D eigenvalue weighted by Crippen LogP contribution is 2.36. The second-order valence-corrected chi connectivity index (χ2v) is 9.44. The van der Waals surface area contributed by atoms with E-state index >= 15 is 0 Å². The van der Waals surface area contributed by atoms with Gasteiger partial charge in [0.05, 0.1) is 28.8 Å². The van der Waals surface area contributed by atoms with E-state index in [0.29, 0.717) is 28.1 Å². The lowest BCUT2D eigenvalue weighted by atomic mass is 10.0. The first-order valence-corrected chi connectivity index (χ1v) is 12.2. The number of amides is 1. The highest BCUT2D eigenvalue weighted by atomic mass is 32.2. The molecule has 0 saturated carbocycles. The fourth-order valence-corrected chi connectivity index (χ4v) is 5.12. The number of carbonyl (C=O) groups excluding carboxylic acids is 1. The number of furan rings is 1. The summed E-state index contributed by atoms with van der Waals surface area (Å²) in [7, 11) is 0. The summed E-state index contributed by atoms with van der Waals surface area (Å²) in [6.07, 6.45) is 3.66. The van der Waals surface area contributed by atoms with E-state index in [1.54, 1.807) is 35.2 Å². The molecule has 0 bridgehead atoms. The van der Waals surface area contributed by atoms with Crippen LogP contribution >= 0.6 is 11.8 Å². The number of hydrogen-bond acceptors (Lipinski definition) is 6. The zero-order chi connectivity index (χ0) is 24.4. The largest absolute Gasteiger partial charge is 0.478 e. The van der Waals surface area contributed by atoms with Crippen LogP contribution in [-0.4, -0.2) is 46.3 Å². The Morgan fingerprint density at radius 1 is 1.20 bits per heavy atom. The average Bonchev–Trinajstić information content (AvgIpc) is 3.59.